The minimum absolute atomic E-state index is 0. The van der Waals surface area contributed by atoms with Gasteiger partial charge in [-0.3, -0.25) is 14.7 Å². The molecule has 3 aromatic rings. The van der Waals surface area contributed by atoms with Crippen molar-refractivity contribution in [3.8, 4) is 0 Å². The van der Waals surface area contributed by atoms with Crippen LogP contribution in [0, 0.1) is 0 Å². The summed E-state index contributed by atoms with van der Waals surface area (Å²) in [6, 6.07) is 10.3. The zero-order valence-electron chi connectivity index (χ0n) is 16.1. The van der Waals surface area contributed by atoms with Gasteiger partial charge < -0.3 is 15.0 Å². The SMILES string of the molecule is CN=C(NCc1cccc2cccnc12)N1CCOC(c2cnn(C)c2)C1.I. The van der Waals surface area contributed by atoms with Crippen molar-refractivity contribution in [1.82, 2.24) is 25.0 Å². The fourth-order valence-electron chi connectivity index (χ4n) is 3.47. The van der Waals surface area contributed by atoms with Crippen LogP contribution in [-0.4, -0.2) is 52.4 Å². The topological polar surface area (TPSA) is 67.6 Å². The average molecular weight is 492 g/mol. The molecule has 7 nitrogen and oxygen atoms in total. The van der Waals surface area contributed by atoms with Crippen LogP contribution in [0.25, 0.3) is 10.9 Å². The average Bonchev–Trinajstić information content (AvgIpc) is 3.15. The van der Waals surface area contributed by atoms with Gasteiger partial charge in [-0.25, -0.2) is 0 Å². The molecule has 4 rings (SSSR count). The zero-order chi connectivity index (χ0) is 18.6. The molecule has 0 bridgehead atoms. The summed E-state index contributed by atoms with van der Waals surface area (Å²) in [5, 5.41) is 8.88. The number of aliphatic imine (C=N–C) groups is 1. The molecule has 0 saturated carbocycles. The number of morpholine rings is 1. The second kappa shape index (κ2) is 9.33. The van der Waals surface area contributed by atoms with E-state index in [4.69, 9.17) is 4.74 Å². The number of pyridine rings is 1. The Labute approximate surface area is 181 Å². The lowest BCUT2D eigenvalue weighted by Gasteiger charge is -2.34. The molecule has 8 heteroatoms. The van der Waals surface area contributed by atoms with Gasteiger partial charge in [0.25, 0.3) is 0 Å². The number of hydrogen-bond donors (Lipinski definition) is 1. The molecule has 1 N–H and O–H groups in total. The maximum Gasteiger partial charge on any atom is 0.194 e. The van der Waals surface area contributed by atoms with Gasteiger partial charge in [-0.2, -0.15) is 5.10 Å². The Morgan fingerprint density at radius 1 is 1.32 bits per heavy atom. The van der Waals surface area contributed by atoms with Crippen molar-refractivity contribution in [2.24, 2.45) is 12.0 Å². The molecule has 1 saturated heterocycles. The van der Waals surface area contributed by atoms with Gasteiger partial charge in [-0.05, 0) is 11.6 Å². The first-order chi connectivity index (χ1) is 13.2. The fourth-order valence-corrected chi connectivity index (χ4v) is 3.47. The monoisotopic (exact) mass is 492 g/mol. The summed E-state index contributed by atoms with van der Waals surface area (Å²) in [7, 11) is 3.74. The van der Waals surface area contributed by atoms with E-state index in [9.17, 15) is 0 Å². The van der Waals surface area contributed by atoms with Gasteiger partial charge in [-0.15, -0.1) is 24.0 Å². The summed E-state index contributed by atoms with van der Waals surface area (Å²) in [6.45, 7) is 2.90. The van der Waals surface area contributed by atoms with Gasteiger partial charge in [0.1, 0.15) is 6.10 Å². The third kappa shape index (κ3) is 4.44. The number of hydrogen-bond acceptors (Lipinski definition) is 4. The molecule has 0 aliphatic carbocycles. The second-order valence-corrected chi connectivity index (χ2v) is 6.65. The highest BCUT2D eigenvalue weighted by molar-refractivity contribution is 14.0. The molecule has 0 spiro atoms. The highest BCUT2D eigenvalue weighted by atomic mass is 127. The van der Waals surface area contributed by atoms with E-state index in [1.54, 1.807) is 4.68 Å². The highest BCUT2D eigenvalue weighted by Gasteiger charge is 2.25. The number of para-hydroxylation sites is 1. The molecule has 3 heterocycles. The van der Waals surface area contributed by atoms with Crippen LogP contribution >= 0.6 is 24.0 Å². The van der Waals surface area contributed by atoms with Gasteiger partial charge in [-0.1, -0.05) is 24.3 Å². The highest BCUT2D eigenvalue weighted by Crippen LogP contribution is 2.22. The van der Waals surface area contributed by atoms with Crippen LogP contribution in [0.2, 0.25) is 0 Å². The van der Waals surface area contributed by atoms with E-state index in [-0.39, 0.29) is 30.1 Å². The van der Waals surface area contributed by atoms with Crippen molar-refractivity contribution < 1.29 is 4.74 Å². The summed E-state index contributed by atoms with van der Waals surface area (Å²) >= 11 is 0. The van der Waals surface area contributed by atoms with Gasteiger partial charge in [0.2, 0.25) is 0 Å². The normalized spacial score (nSPS) is 17.4. The molecule has 28 heavy (non-hydrogen) atoms. The smallest absolute Gasteiger partial charge is 0.194 e. The summed E-state index contributed by atoms with van der Waals surface area (Å²) in [6.07, 6.45) is 5.71. The van der Waals surface area contributed by atoms with Gasteiger partial charge in [0, 0.05) is 50.5 Å². The quantitative estimate of drug-likeness (QED) is 0.346. The number of rotatable bonds is 3. The lowest BCUT2D eigenvalue weighted by atomic mass is 10.1. The Hall–Kier alpha value is -2.20. The Bertz CT molecular complexity index is 951. The number of benzene rings is 1. The predicted octanol–water partition coefficient (Wildman–Crippen LogP) is 2.74. The van der Waals surface area contributed by atoms with Crippen molar-refractivity contribution in [2.45, 2.75) is 12.6 Å². The molecular weight excluding hydrogens is 467 g/mol. The standard InChI is InChI=1S/C20H24N6O.HI/c1-21-20(23-11-16-6-3-5-15-7-4-8-22-19(15)16)26-9-10-27-18(14-26)17-12-24-25(2)13-17;/h3-8,12-13,18H,9-11,14H2,1-2H3,(H,21,23);1H. The van der Waals surface area contributed by atoms with E-state index in [0.29, 0.717) is 13.2 Å². The van der Waals surface area contributed by atoms with Crippen LogP contribution in [0.5, 0.6) is 0 Å². The second-order valence-electron chi connectivity index (χ2n) is 6.65. The Balaban J connectivity index is 0.00000225. The lowest BCUT2D eigenvalue weighted by molar-refractivity contribution is -0.00805. The van der Waals surface area contributed by atoms with Crippen molar-refractivity contribution >= 4 is 40.8 Å². The summed E-state index contributed by atoms with van der Waals surface area (Å²) in [5.41, 5.74) is 3.28. The molecule has 1 aliphatic heterocycles. The number of fused-ring (bicyclic) bond motifs is 1. The minimum atomic E-state index is 0. The molecular formula is C20H25IN6O. The number of aromatic nitrogens is 3. The first-order valence-electron chi connectivity index (χ1n) is 9.13. The van der Waals surface area contributed by atoms with Crippen molar-refractivity contribution in [2.75, 3.05) is 26.7 Å². The number of nitrogens with zero attached hydrogens (tertiary/aromatic N) is 5. The van der Waals surface area contributed by atoms with E-state index in [1.165, 1.54) is 0 Å². The largest absolute Gasteiger partial charge is 0.370 e. The van der Waals surface area contributed by atoms with Gasteiger partial charge in [0.05, 0.1) is 24.9 Å². The molecule has 1 aliphatic rings. The molecule has 1 atom stereocenters. The number of aryl methyl sites for hydroxylation is 1. The molecule has 2 aromatic heterocycles. The lowest BCUT2D eigenvalue weighted by Crippen LogP contribution is -2.47. The van der Waals surface area contributed by atoms with Crippen LogP contribution in [0.15, 0.2) is 53.9 Å². The molecule has 148 valence electrons. The predicted molar refractivity (Wildman–Crippen MR) is 121 cm³/mol. The van der Waals surface area contributed by atoms with Gasteiger partial charge >= 0.3 is 0 Å². The van der Waals surface area contributed by atoms with Crippen molar-refractivity contribution in [1.29, 1.82) is 0 Å². The summed E-state index contributed by atoms with van der Waals surface area (Å²) < 4.78 is 7.74. The molecule has 0 radical (unpaired) electrons. The third-order valence-corrected chi connectivity index (χ3v) is 4.83. The number of guanidine groups is 1. The third-order valence-electron chi connectivity index (χ3n) is 4.83. The minimum Gasteiger partial charge on any atom is -0.370 e. The number of ether oxygens (including phenoxy) is 1. The number of nitrogens with one attached hydrogen (secondary N) is 1. The maximum absolute atomic E-state index is 5.93. The van der Waals surface area contributed by atoms with Crippen LogP contribution in [0.3, 0.4) is 0 Å². The van der Waals surface area contributed by atoms with E-state index in [0.717, 1.165) is 41.1 Å². The van der Waals surface area contributed by atoms with Crippen LogP contribution in [0.1, 0.15) is 17.2 Å². The van der Waals surface area contributed by atoms with E-state index in [1.807, 2.05) is 38.8 Å². The first-order valence-corrected chi connectivity index (χ1v) is 9.13. The van der Waals surface area contributed by atoms with Crippen LogP contribution in [-0.2, 0) is 18.3 Å². The molecule has 1 unspecified atom stereocenters. The Morgan fingerprint density at radius 3 is 2.96 bits per heavy atom. The van der Waals surface area contributed by atoms with E-state index >= 15 is 0 Å². The fraction of sp³-hybridized carbons (Fsp3) is 0.350. The Kier molecular flexibility index (Phi) is 6.84. The summed E-state index contributed by atoms with van der Waals surface area (Å²) in [4.78, 5) is 11.2. The molecule has 1 aromatic carbocycles. The van der Waals surface area contributed by atoms with E-state index < -0.39 is 0 Å². The van der Waals surface area contributed by atoms with Crippen molar-refractivity contribution in [3.63, 3.8) is 0 Å². The Morgan fingerprint density at radius 2 is 2.18 bits per heavy atom. The maximum atomic E-state index is 5.93. The molecule has 1 fully saturated rings. The van der Waals surface area contributed by atoms with E-state index in [2.05, 4.69) is 49.6 Å². The first kappa shape index (κ1) is 20.5. The van der Waals surface area contributed by atoms with Crippen LogP contribution in [0.4, 0.5) is 0 Å². The zero-order valence-corrected chi connectivity index (χ0v) is 18.4. The van der Waals surface area contributed by atoms with Crippen molar-refractivity contribution in [3.05, 3.63) is 60.0 Å². The van der Waals surface area contributed by atoms with Gasteiger partial charge in [0.15, 0.2) is 5.96 Å². The molecule has 0 amide bonds. The summed E-state index contributed by atoms with van der Waals surface area (Å²) in [5.74, 6) is 0.875. The van der Waals surface area contributed by atoms with Crippen LogP contribution < -0.4 is 5.32 Å². The number of halogens is 1.